The molecule has 1 aliphatic heterocycles. The Kier molecular flexibility index (Phi) is 13.2. The predicted molar refractivity (Wildman–Crippen MR) is 141 cm³/mol. The van der Waals surface area contributed by atoms with Gasteiger partial charge in [-0.15, -0.1) is 12.8 Å². The summed E-state index contributed by atoms with van der Waals surface area (Å²) in [4.78, 5) is 27.4. The minimum absolute atomic E-state index is 0.0658. The van der Waals surface area contributed by atoms with Gasteiger partial charge in [-0.25, -0.2) is 22.8 Å². The molecule has 39 heavy (non-hydrogen) atoms. The smallest absolute Gasteiger partial charge is 0.258 e. The summed E-state index contributed by atoms with van der Waals surface area (Å²) in [6.45, 7) is 1.93. The maximum atomic E-state index is 14.7. The standard InChI is InChI=1S/C23H27ClF2N4O6S.C2H2/c1-28(22(32)15-29-8-10-35-11-9-29)6-7-30(14-21(31)27-33)37(34)18-12-19(25)23(20(26)13-18)36-17-4-2-16(24)3-5-17;1-2/h2-5,12-13,33H,6-11,14-15H2,1H3,(H,27,31);1-2H. The molecule has 0 spiro atoms. The lowest BCUT2D eigenvalue weighted by Crippen LogP contribution is -2.46. The summed E-state index contributed by atoms with van der Waals surface area (Å²) < 4.78 is 54.3. The van der Waals surface area contributed by atoms with Crippen molar-refractivity contribution in [3.63, 3.8) is 0 Å². The molecule has 2 amide bonds. The highest BCUT2D eigenvalue weighted by Crippen LogP contribution is 2.30. The number of terminal acetylenes is 1. The molecule has 3 rings (SSSR count). The van der Waals surface area contributed by atoms with Crippen molar-refractivity contribution in [3.05, 3.63) is 53.1 Å². The zero-order valence-corrected chi connectivity index (χ0v) is 22.7. The average Bonchev–Trinajstić information content (AvgIpc) is 2.94. The molecule has 1 heterocycles. The number of halogens is 3. The second kappa shape index (κ2) is 16.1. The summed E-state index contributed by atoms with van der Waals surface area (Å²) in [7, 11) is -0.660. The van der Waals surface area contributed by atoms with E-state index in [-0.39, 0.29) is 36.2 Å². The molecule has 0 saturated carbocycles. The van der Waals surface area contributed by atoms with Crippen LogP contribution in [0.5, 0.6) is 11.5 Å². The molecule has 0 aliphatic carbocycles. The normalized spacial score (nSPS) is 14.2. The van der Waals surface area contributed by atoms with Crippen molar-refractivity contribution < 1.29 is 37.3 Å². The first-order valence-corrected chi connectivity index (χ1v) is 13.1. The average molecular weight is 587 g/mol. The summed E-state index contributed by atoms with van der Waals surface area (Å²) >= 11 is 5.80. The zero-order valence-electron chi connectivity index (χ0n) is 21.1. The minimum Gasteiger partial charge on any atom is -0.451 e. The van der Waals surface area contributed by atoms with Crippen LogP contribution >= 0.6 is 11.6 Å². The molecule has 1 unspecified atom stereocenters. The summed E-state index contributed by atoms with van der Waals surface area (Å²) in [5, 5.41) is 9.33. The fourth-order valence-electron chi connectivity index (χ4n) is 3.38. The van der Waals surface area contributed by atoms with Gasteiger partial charge in [0.2, 0.25) is 5.91 Å². The topological polar surface area (TPSA) is 112 Å². The maximum absolute atomic E-state index is 14.7. The molecule has 0 bridgehead atoms. The summed E-state index contributed by atoms with van der Waals surface area (Å²) in [6.07, 6.45) is 8.00. The third-order valence-electron chi connectivity index (χ3n) is 5.46. The molecule has 14 heteroatoms. The van der Waals surface area contributed by atoms with Crippen molar-refractivity contribution in [2.75, 3.05) is 59.5 Å². The van der Waals surface area contributed by atoms with Crippen LogP contribution in [0.25, 0.3) is 0 Å². The van der Waals surface area contributed by atoms with Crippen molar-refractivity contribution in [1.29, 1.82) is 0 Å². The van der Waals surface area contributed by atoms with Gasteiger partial charge in [0.25, 0.3) is 5.91 Å². The molecule has 2 N–H and O–H groups in total. The van der Waals surface area contributed by atoms with E-state index in [1.54, 1.807) is 7.05 Å². The van der Waals surface area contributed by atoms with Crippen molar-refractivity contribution in [3.8, 4) is 24.3 Å². The van der Waals surface area contributed by atoms with Gasteiger partial charge >= 0.3 is 0 Å². The molecule has 212 valence electrons. The first kappa shape index (κ1) is 32.1. The first-order valence-electron chi connectivity index (χ1n) is 11.6. The van der Waals surface area contributed by atoms with Crippen LogP contribution < -0.4 is 10.2 Å². The van der Waals surface area contributed by atoms with Gasteiger partial charge < -0.3 is 14.4 Å². The lowest BCUT2D eigenvalue weighted by Gasteiger charge is -2.29. The highest BCUT2D eigenvalue weighted by atomic mass is 35.5. The molecular formula is C25H29ClF2N4O6S. The van der Waals surface area contributed by atoms with Gasteiger partial charge in [0.15, 0.2) is 17.4 Å². The number of benzene rings is 2. The number of likely N-dealkylation sites (N-methyl/N-ethyl adjacent to an activating group) is 1. The molecule has 0 aromatic heterocycles. The highest BCUT2D eigenvalue weighted by molar-refractivity contribution is 7.82. The number of morpholine rings is 1. The third-order valence-corrected chi connectivity index (χ3v) is 7.13. The zero-order chi connectivity index (χ0) is 28.9. The number of nitrogens with zero attached hydrogens (tertiary/aromatic N) is 3. The van der Waals surface area contributed by atoms with E-state index in [1.807, 2.05) is 4.90 Å². The van der Waals surface area contributed by atoms with E-state index in [9.17, 15) is 22.6 Å². The van der Waals surface area contributed by atoms with Crippen molar-refractivity contribution in [2.45, 2.75) is 4.90 Å². The van der Waals surface area contributed by atoms with E-state index in [0.29, 0.717) is 31.3 Å². The number of nitrogens with one attached hydrogen (secondary N) is 1. The fraction of sp³-hybridized carbons (Fsp3) is 0.360. The SMILES string of the molecule is C#C.CN(CCN(CC(=O)NO)S(=O)c1cc(F)c(Oc2ccc(Cl)cc2)c(F)c1)C(=O)CN1CCOCC1. The Bertz CT molecular complexity index is 1140. The van der Waals surface area contributed by atoms with Crippen molar-refractivity contribution in [1.82, 2.24) is 19.6 Å². The third kappa shape index (κ3) is 9.85. The van der Waals surface area contributed by atoms with Crippen LogP contribution in [0.2, 0.25) is 5.02 Å². The minimum atomic E-state index is -2.21. The molecule has 0 radical (unpaired) electrons. The van der Waals surface area contributed by atoms with Crippen LogP contribution in [0, 0.1) is 24.5 Å². The van der Waals surface area contributed by atoms with Crippen LogP contribution in [-0.4, -0.2) is 94.9 Å². The second-order valence-electron chi connectivity index (χ2n) is 8.12. The quantitative estimate of drug-likeness (QED) is 0.236. The van der Waals surface area contributed by atoms with Gasteiger partial charge in [-0.3, -0.25) is 19.7 Å². The number of ether oxygens (including phenoxy) is 2. The Labute approximate surface area is 233 Å². The van der Waals surface area contributed by atoms with Crippen LogP contribution in [0.3, 0.4) is 0 Å². The van der Waals surface area contributed by atoms with E-state index in [0.717, 1.165) is 16.4 Å². The predicted octanol–water partition coefficient (Wildman–Crippen LogP) is 2.28. The van der Waals surface area contributed by atoms with E-state index in [2.05, 4.69) is 12.8 Å². The van der Waals surface area contributed by atoms with Crippen LogP contribution in [-0.2, 0) is 25.3 Å². The Balaban J connectivity index is 0.00000260. The Hall–Kier alpha value is -3.12. The number of amides is 2. The molecule has 2 aromatic carbocycles. The summed E-state index contributed by atoms with van der Waals surface area (Å²) in [5.74, 6) is -3.86. The molecule has 10 nitrogen and oxygen atoms in total. The number of rotatable bonds is 11. The van der Waals surface area contributed by atoms with Gasteiger partial charge in [-0.05, 0) is 36.4 Å². The van der Waals surface area contributed by atoms with Gasteiger partial charge in [0.05, 0.1) is 31.2 Å². The van der Waals surface area contributed by atoms with Gasteiger partial charge in [-0.1, -0.05) is 11.6 Å². The second-order valence-corrected chi connectivity index (χ2v) is 10.0. The fourth-order valence-corrected chi connectivity index (χ4v) is 4.69. The number of hydroxylamine groups is 1. The van der Waals surface area contributed by atoms with Gasteiger partial charge in [0, 0.05) is 38.2 Å². The Morgan fingerprint density at radius 3 is 2.31 bits per heavy atom. The van der Waals surface area contributed by atoms with E-state index < -0.39 is 40.8 Å². The molecule has 2 aromatic rings. The van der Waals surface area contributed by atoms with Crippen LogP contribution in [0.4, 0.5) is 8.78 Å². The number of carbonyl (C=O) groups excluding carboxylic acids is 2. The molecular weight excluding hydrogens is 558 g/mol. The van der Waals surface area contributed by atoms with E-state index >= 15 is 0 Å². The van der Waals surface area contributed by atoms with Crippen LogP contribution in [0.1, 0.15) is 0 Å². The van der Waals surface area contributed by atoms with E-state index in [4.69, 9.17) is 26.3 Å². The molecule has 1 aliphatic rings. The number of hydrogen-bond acceptors (Lipinski definition) is 7. The Morgan fingerprint density at radius 2 is 1.74 bits per heavy atom. The Morgan fingerprint density at radius 1 is 1.15 bits per heavy atom. The highest BCUT2D eigenvalue weighted by Gasteiger charge is 2.24. The van der Waals surface area contributed by atoms with E-state index in [1.165, 1.54) is 34.6 Å². The monoisotopic (exact) mass is 586 g/mol. The number of hydrogen-bond donors (Lipinski definition) is 2. The van der Waals surface area contributed by atoms with Gasteiger partial charge in [0.1, 0.15) is 16.7 Å². The number of carbonyl (C=O) groups is 2. The molecule has 1 saturated heterocycles. The summed E-state index contributed by atoms with van der Waals surface area (Å²) in [5.41, 5.74) is 1.44. The first-order chi connectivity index (χ1) is 18.7. The lowest BCUT2D eigenvalue weighted by molar-refractivity contribution is -0.132. The summed E-state index contributed by atoms with van der Waals surface area (Å²) in [6, 6.07) is 7.51. The maximum Gasteiger partial charge on any atom is 0.258 e. The van der Waals surface area contributed by atoms with Crippen molar-refractivity contribution >= 4 is 34.4 Å². The van der Waals surface area contributed by atoms with Gasteiger partial charge in [-0.2, -0.15) is 0 Å². The lowest BCUT2D eigenvalue weighted by atomic mass is 10.3. The van der Waals surface area contributed by atoms with Crippen molar-refractivity contribution in [2.24, 2.45) is 0 Å². The molecule has 1 atom stereocenters. The van der Waals surface area contributed by atoms with Crippen LogP contribution in [0.15, 0.2) is 41.3 Å². The molecule has 1 fully saturated rings. The largest absolute Gasteiger partial charge is 0.451 e.